The van der Waals surface area contributed by atoms with E-state index in [-0.39, 0.29) is 5.57 Å². The topological polar surface area (TPSA) is 47.6 Å². The first-order valence-electron chi connectivity index (χ1n) is 5.27. The molecule has 0 saturated heterocycles. The first-order chi connectivity index (χ1) is 8.27. The van der Waals surface area contributed by atoms with E-state index in [4.69, 9.17) is 10.5 Å². The van der Waals surface area contributed by atoms with Crippen LogP contribution in [0.15, 0.2) is 48.0 Å². The molecule has 2 aromatic carbocycles. The van der Waals surface area contributed by atoms with Crippen molar-refractivity contribution in [2.75, 3.05) is 0 Å². The van der Waals surface area contributed by atoms with E-state index >= 15 is 0 Å². The Kier molecular flexibility index (Phi) is 2.90. The van der Waals surface area contributed by atoms with Gasteiger partial charge in [-0.25, -0.2) is 0 Å². The lowest BCUT2D eigenvalue weighted by molar-refractivity contribution is 1.45. The van der Waals surface area contributed by atoms with Crippen molar-refractivity contribution < 1.29 is 0 Å². The van der Waals surface area contributed by atoms with E-state index in [1.807, 2.05) is 61.5 Å². The monoisotopic (exact) mass is 218 g/mol. The van der Waals surface area contributed by atoms with E-state index in [2.05, 4.69) is 0 Å². The van der Waals surface area contributed by atoms with E-state index in [0.29, 0.717) is 0 Å². The summed E-state index contributed by atoms with van der Waals surface area (Å²) in [5, 5.41) is 20.0. The van der Waals surface area contributed by atoms with E-state index in [9.17, 15) is 0 Å². The standard InChI is InChI=1S/C15H10N2/c1-11(13(9-16)10-17)14-8-4-6-12-5-2-3-7-15(12)14/h2-8H,1H3. The number of allylic oxidation sites excluding steroid dienone is 2. The van der Waals surface area contributed by atoms with E-state index in [0.717, 1.165) is 21.9 Å². The van der Waals surface area contributed by atoms with Crippen LogP contribution in [0.4, 0.5) is 0 Å². The summed E-state index contributed by atoms with van der Waals surface area (Å²) in [5.41, 5.74) is 1.84. The molecule has 0 radical (unpaired) electrons. The molecule has 0 aliphatic rings. The average Bonchev–Trinajstić information content (AvgIpc) is 2.39. The summed E-state index contributed by atoms with van der Waals surface area (Å²) in [6.07, 6.45) is 0. The minimum Gasteiger partial charge on any atom is -0.192 e. The number of fused-ring (bicyclic) bond motifs is 1. The maximum atomic E-state index is 8.90. The molecular formula is C15H10N2. The number of nitrogens with zero attached hydrogens (tertiary/aromatic N) is 2. The maximum Gasteiger partial charge on any atom is 0.133 e. The Hall–Kier alpha value is -2.58. The Morgan fingerprint density at radius 3 is 2.29 bits per heavy atom. The zero-order valence-corrected chi connectivity index (χ0v) is 9.44. The predicted octanol–water partition coefficient (Wildman–Crippen LogP) is 3.66. The van der Waals surface area contributed by atoms with Crippen molar-refractivity contribution in [2.45, 2.75) is 6.92 Å². The molecule has 2 nitrogen and oxygen atoms in total. The fourth-order valence-electron chi connectivity index (χ4n) is 1.88. The normalized spacial score (nSPS) is 9.35. The van der Waals surface area contributed by atoms with Crippen molar-refractivity contribution in [3.05, 3.63) is 53.6 Å². The average molecular weight is 218 g/mol. The first kappa shape index (κ1) is 10.9. The molecule has 0 bridgehead atoms. The van der Waals surface area contributed by atoms with Crippen LogP contribution in [0, 0.1) is 22.7 Å². The van der Waals surface area contributed by atoms with E-state index in [1.165, 1.54) is 0 Å². The van der Waals surface area contributed by atoms with Crippen molar-refractivity contribution in [1.29, 1.82) is 10.5 Å². The Balaban J connectivity index is 2.78. The number of nitriles is 2. The minimum absolute atomic E-state index is 0.168. The highest BCUT2D eigenvalue weighted by atomic mass is 14.3. The van der Waals surface area contributed by atoms with Crippen molar-refractivity contribution in [3.63, 3.8) is 0 Å². The van der Waals surface area contributed by atoms with Gasteiger partial charge in [0.2, 0.25) is 0 Å². The largest absolute Gasteiger partial charge is 0.192 e. The third-order valence-electron chi connectivity index (χ3n) is 2.79. The lowest BCUT2D eigenvalue weighted by Gasteiger charge is -2.06. The van der Waals surface area contributed by atoms with Crippen molar-refractivity contribution in [1.82, 2.24) is 0 Å². The van der Waals surface area contributed by atoms with Gasteiger partial charge in [-0.1, -0.05) is 42.5 Å². The van der Waals surface area contributed by atoms with Gasteiger partial charge in [-0.2, -0.15) is 10.5 Å². The molecule has 0 aromatic heterocycles. The van der Waals surface area contributed by atoms with Crippen molar-refractivity contribution in [2.24, 2.45) is 0 Å². The first-order valence-corrected chi connectivity index (χ1v) is 5.27. The van der Waals surface area contributed by atoms with Gasteiger partial charge in [0.05, 0.1) is 0 Å². The summed E-state index contributed by atoms with van der Waals surface area (Å²) in [5.74, 6) is 0. The van der Waals surface area contributed by atoms with Crippen LogP contribution >= 0.6 is 0 Å². The quantitative estimate of drug-likeness (QED) is 0.686. The third-order valence-corrected chi connectivity index (χ3v) is 2.79. The van der Waals surface area contributed by atoms with Crippen molar-refractivity contribution >= 4 is 16.3 Å². The fraction of sp³-hybridized carbons (Fsp3) is 0.0667. The molecule has 0 amide bonds. The van der Waals surface area contributed by atoms with Gasteiger partial charge in [0.1, 0.15) is 17.7 Å². The Labute approximate surface area is 100 Å². The Morgan fingerprint density at radius 2 is 1.59 bits per heavy atom. The van der Waals surface area contributed by atoms with Crippen LogP contribution < -0.4 is 0 Å². The van der Waals surface area contributed by atoms with Crippen LogP contribution in [-0.4, -0.2) is 0 Å². The molecule has 0 fully saturated rings. The number of benzene rings is 2. The van der Waals surface area contributed by atoms with Gasteiger partial charge in [0.25, 0.3) is 0 Å². The van der Waals surface area contributed by atoms with Crippen molar-refractivity contribution in [3.8, 4) is 12.1 Å². The van der Waals surface area contributed by atoms with Crippen LogP contribution in [0.25, 0.3) is 16.3 Å². The molecule has 0 unspecified atom stereocenters. The van der Waals surface area contributed by atoms with Gasteiger partial charge in [-0.15, -0.1) is 0 Å². The molecule has 2 heteroatoms. The SMILES string of the molecule is CC(=C(C#N)C#N)c1cccc2ccccc12. The molecular weight excluding hydrogens is 208 g/mol. The minimum atomic E-state index is 0.168. The van der Waals surface area contributed by atoms with E-state index < -0.39 is 0 Å². The van der Waals surface area contributed by atoms with Crippen LogP contribution in [0.2, 0.25) is 0 Å². The Morgan fingerprint density at radius 1 is 0.941 bits per heavy atom. The van der Waals surface area contributed by atoms with Gasteiger partial charge in [-0.05, 0) is 28.8 Å². The zero-order valence-electron chi connectivity index (χ0n) is 9.44. The van der Waals surface area contributed by atoms with Crippen LogP contribution in [0.3, 0.4) is 0 Å². The van der Waals surface area contributed by atoms with Gasteiger partial charge in [0.15, 0.2) is 0 Å². The molecule has 0 heterocycles. The summed E-state index contributed by atoms with van der Waals surface area (Å²) < 4.78 is 0. The molecule has 0 spiro atoms. The highest BCUT2D eigenvalue weighted by molar-refractivity contribution is 5.95. The number of hydrogen-bond acceptors (Lipinski definition) is 2. The van der Waals surface area contributed by atoms with Gasteiger partial charge < -0.3 is 0 Å². The molecule has 2 aromatic rings. The summed E-state index contributed by atoms with van der Waals surface area (Å²) in [6.45, 7) is 1.81. The summed E-state index contributed by atoms with van der Waals surface area (Å²) >= 11 is 0. The summed E-state index contributed by atoms with van der Waals surface area (Å²) in [6, 6.07) is 17.7. The molecule has 0 N–H and O–H groups in total. The van der Waals surface area contributed by atoms with Crippen LogP contribution in [-0.2, 0) is 0 Å². The zero-order chi connectivity index (χ0) is 12.3. The summed E-state index contributed by atoms with van der Waals surface area (Å²) in [7, 11) is 0. The Bertz CT molecular complexity index is 661. The second kappa shape index (κ2) is 4.51. The van der Waals surface area contributed by atoms with Gasteiger partial charge in [-0.3, -0.25) is 0 Å². The third kappa shape index (κ3) is 1.89. The van der Waals surface area contributed by atoms with E-state index in [1.54, 1.807) is 0 Å². The molecule has 80 valence electrons. The molecule has 0 aliphatic heterocycles. The lowest BCUT2D eigenvalue weighted by Crippen LogP contribution is -1.87. The smallest absolute Gasteiger partial charge is 0.133 e. The molecule has 0 aliphatic carbocycles. The molecule has 0 atom stereocenters. The molecule has 17 heavy (non-hydrogen) atoms. The number of hydrogen-bond donors (Lipinski definition) is 0. The number of rotatable bonds is 1. The maximum absolute atomic E-state index is 8.90. The molecule has 0 saturated carbocycles. The summed E-state index contributed by atoms with van der Waals surface area (Å²) in [4.78, 5) is 0. The predicted molar refractivity (Wildman–Crippen MR) is 67.8 cm³/mol. The lowest BCUT2D eigenvalue weighted by atomic mass is 9.96. The fourth-order valence-corrected chi connectivity index (χ4v) is 1.88. The van der Waals surface area contributed by atoms with Gasteiger partial charge >= 0.3 is 0 Å². The molecule has 2 rings (SSSR count). The van der Waals surface area contributed by atoms with Crippen LogP contribution in [0.1, 0.15) is 12.5 Å². The highest BCUT2D eigenvalue weighted by Crippen LogP contribution is 2.26. The van der Waals surface area contributed by atoms with Gasteiger partial charge in [0, 0.05) is 0 Å². The second-order valence-electron chi connectivity index (χ2n) is 3.75. The highest BCUT2D eigenvalue weighted by Gasteiger charge is 2.07. The second-order valence-corrected chi connectivity index (χ2v) is 3.75. The van der Waals surface area contributed by atoms with Crippen LogP contribution in [0.5, 0.6) is 0 Å².